The van der Waals surface area contributed by atoms with Crippen LogP contribution in [-0.2, 0) is 0 Å². The Balaban J connectivity index is 2.64. The van der Waals surface area contributed by atoms with E-state index in [1.165, 1.54) is 22.0 Å². The number of benzene rings is 1. The first kappa shape index (κ1) is 8.11. The summed E-state index contributed by atoms with van der Waals surface area (Å²) in [6.45, 7) is 6.17. The number of fused-ring (bicyclic) bond motifs is 1. The molecule has 0 aliphatic rings. The maximum atomic E-state index is 4.05. The van der Waals surface area contributed by atoms with E-state index in [2.05, 4.69) is 36.7 Å². The first-order chi connectivity index (χ1) is 6.33. The van der Waals surface area contributed by atoms with Crippen LogP contribution in [0.1, 0.15) is 18.9 Å². The molecule has 1 heteroatoms. The molecule has 2 rings (SSSR count). The van der Waals surface area contributed by atoms with Crippen LogP contribution < -0.4 is 0 Å². The van der Waals surface area contributed by atoms with Crippen LogP contribution in [0.5, 0.6) is 0 Å². The normalized spacial score (nSPS) is 10.5. The van der Waals surface area contributed by atoms with E-state index < -0.39 is 0 Å². The Morgan fingerprint density at radius 3 is 2.92 bits per heavy atom. The van der Waals surface area contributed by atoms with Crippen LogP contribution in [0.3, 0.4) is 0 Å². The number of hydrogen-bond acceptors (Lipinski definition) is 0. The second-order valence-corrected chi connectivity index (χ2v) is 3.21. The summed E-state index contributed by atoms with van der Waals surface area (Å²) in [7, 11) is 0. The highest BCUT2D eigenvalue weighted by Gasteiger charge is 2.03. The van der Waals surface area contributed by atoms with Crippen molar-refractivity contribution in [1.29, 1.82) is 0 Å². The number of rotatable bonds is 2. The molecule has 1 aromatic heterocycles. The lowest BCUT2D eigenvalue weighted by molar-refractivity contribution is 1.25. The van der Waals surface area contributed by atoms with Crippen LogP contribution in [0.15, 0.2) is 37.0 Å². The third-order valence-corrected chi connectivity index (χ3v) is 2.40. The smallest absolute Gasteiger partial charge is 0.0460 e. The molecule has 0 radical (unpaired) electrons. The number of aromatic amines is 1. The van der Waals surface area contributed by atoms with Gasteiger partial charge in [0.15, 0.2) is 0 Å². The molecule has 13 heavy (non-hydrogen) atoms. The molecule has 0 amide bonds. The van der Waals surface area contributed by atoms with E-state index in [4.69, 9.17) is 0 Å². The van der Waals surface area contributed by atoms with Crippen molar-refractivity contribution in [1.82, 2.24) is 4.98 Å². The molecule has 0 saturated carbocycles. The highest BCUT2D eigenvalue weighted by Crippen LogP contribution is 2.25. The topological polar surface area (TPSA) is 15.8 Å². The zero-order valence-corrected chi connectivity index (χ0v) is 7.80. The van der Waals surface area contributed by atoms with Gasteiger partial charge in [-0.2, -0.15) is 0 Å². The molecule has 2 aromatic rings. The van der Waals surface area contributed by atoms with Gasteiger partial charge in [0.2, 0.25) is 0 Å². The number of hydrogen-bond donors (Lipinski definition) is 1. The molecule has 0 aliphatic carbocycles. The van der Waals surface area contributed by atoms with Crippen molar-refractivity contribution in [3.05, 3.63) is 42.6 Å². The highest BCUT2D eigenvalue weighted by atomic mass is 14.7. The van der Waals surface area contributed by atoms with Gasteiger partial charge in [0.1, 0.15) is 0 Å². The van der Waals surface area contributed by atoms with Gasteiger partial charge in [-0.15, -0.1) is 0 Å². The fourth-order valence-electron chi connectivity index (χ4n) is 1.55. The lowest BCUT2D eigenvalue weighted by atomic mass is 10.0. The van der Waals surface area contributed by atoms with Gasteiger partial charge in [-0.1, -0.05) is 31.7 Å². The largest absolute Gasteiger partial charge is 0.361 e. The Hall–Kier alpha value is -1.50. The van der Waals surface area contributed by atoms with Gasteiger partial charge in [0, 0.05) is 22.7 Å². The predicted octanol–water partition coefficient (Wildman–Crippen LogP) is 3.59. The summed E-state index contributed by atoms with van der Waals surface area (Å²) in [4.78, 5) is 3.24. The SMILES string of the molecule is C=C(CC)c1c[nH]c2ccccc12. The number of para-hydroxylation sites is 1. The number of allylic oxidation sites excluding steroid dienone is 1. The van der Waals surface area contributed by atoms with E-state index in [1.807, 2.05) is 12.3 Å². The molecular formula is C12H13N. The van der Waals surface area contributed by atoms with E-state index >= 15 is 0 Å². The van der Waals surface area contributed by atoms with Crippen LogP contribution in [0.2, 0.25) is 0 Å². The minimum absolute atomic E-state index is 1.00. The van der Waals surface area contributed by atoms with Crippen molar-refractivity contribution in [3.8, 4) is 0 Å². The minimum atomic E-state index is 1.00. The lowest BCUT2D eigenvalue weighted by Crippen LogP contribution is -1.76. The summed E-state index contributed by atoms with van der Waals surface area (Å²) in [6.07, 6.45) is 3.04. The Morgan fingerprint density at radius 2 is 2.15 bits per heavy atom. The van der Waals surface area contributed by atoms with E-state index in [0.717, 1.165) is 6.42 Å². The van der Waals surface area contributed by atoms with Crippen LogP contribution in [0.25, 0.3) is 16.5 Å². The lowest BCUT2D eigenvalue weighted by Gasteiger charge is -1.98. The fourth-order valence-corrected chi connectivity index (χ4v) is 1.55. The van der Waals surface area contributed by atoms with Crippen molar-refractivity contribution in [3.63, 3.8) is 0 Å². The number of H-pyrrole nitrogens is 1. The molecule has 0 aliphatic heterocycles. The van der Waals surface area contributed by atoms with Gasteiger partial charge in [-0.25, -0.2) is 0 Å². The van der Waals surface area contributed by atoms with Crippen molar-refractivity contribution < 1.29 is 0 Å². The van der Waals surface area contributed by atoms with Crippen LogP contribution >= 0.6 is 0 Å². The molecule has 1 heterocycles. The molecule has 1 nitrogen and oxygen atoms in total. The van der Waals surface area contributed by atoms with E-state index in [-0.39, 0.29) is 0 Å². The zero-order chi connectivity index (χ0) is 9.26. The van der Waals surface area contributed by atoms with Gasteiger partial charge in [0.25, 0.3) is 0 Å². The second-order valence-electron chi connectivity index (χ2n) is 3.21. The predicted molar refractivity (Wildman–Crippen MR) is 57.6 cm³/mol. The molecule has 66 valence electrons. The first-order valence-electron chi connectivity index (χ1n) is 4.57. The van der Waals surface area contributed by atoms with Gasteiger partial charge in [0.05, 0.1) is 0 Å². The monoisotopic (exact) mass is 171 g/mol. The third-order valence-electron chi connectivity index (χ3n) is 2.40. The molecule has 1 aromatic carbocycles. The summed E-state index contributed by atoms with van der Waals surface area (Å²) < 4.78 is 0. The first-order valence-corrected chi connectivity index (χ1v) is 4.57. The minimum Gasteiger partial charge on any atom is -0.361 e. The number of aromatic nitrogens is 1. The van der Waals surface area contributed by atoms with Crippen molar-refractivity contribution in [2.24, 2.45) is 0 Å². The number of nitrogens with one attached hydrogen (secondary N) is 1. The van der Waals surface area contributed by atoms with Gasteiger partial charge < -0.3 is 4.98 Å². The molecule has 0 unspecified atom stereocenters. The maximum Gasteiger partial charge on any atom is 0.0460 e. The van der Waals surface area contributed by atoms with Crippen molar-refractivity contribution in [2.45, 2.75) is 13.3 Å². The van der Waals surface area contributed by atoms with E-state index in [0.29, 0.717) is 0 Å². The van der Waals surface area contributed by atoms with Crippen molar-refractivity contribution >= 4 is 16.5 Å². The van der Waals surface area contributed by atoms with Crippen LogP contribution in [0.4, 0.5) is 0 Å². The summed E-state index contributed by atoms with van der Waals surface area (Å²) in [5, 5.41) is 1.27. The van der Waals surface area contributed by atoms with Gasteiger partial charge >= 0.3 is 0 Å². The van der Waals surface area contributed by atoms with E-state index in [1.54, 1.807) is 0 Å². The summed E-state index contributed by atoms with van der Waals surface area (Å²) >= 11 is 0. The third kappa shape index (κ3) is 1.26. The maximum absolute atomic E-state index is 4.05. The summed E-state index contributed by atoms with van der Waals surface area (Å²) in [6, 6.07) is 8.31. The zero-order valence-electron chi connectivity index (χ0n) is 7.80. The Bertz CT molecular complexity index is 437. The second kappa shape index (κ2) is 3.09. The summed E-state index contributed by atoms with van der Waals surface area (Å²) in [5.74, 6) is 0. The van der Waals surface area contributed by atoms with Gasteiger partial charge in [-0.3, -0.25) is 0 Å². The fraction of sp³-hybridized carbons (Fsp3) is 0.167. The Kier molecular flexibility index (Phi) is 1.93. The average Bonchev–Trinajstić information content (AvgIpc) is 2.60. The molecule has 0 fully saturated rings. The molecule has 0 bridgehead atoms. The average molecular weight is 171 g/mol. The van der Waals surface area contributed by atoms with E-state index in [9.17, 15) is 0 Å². The quantitative estimate of drug-likeness (QED) is 0.710. The molecule has 0 atom stereocenters. The molecule has 1 N–H and O–H groups in total. The molecule has 0 saturated heterocycles. The summed E-state index contributed by atoms with van der Waals surface area (Å²) in [5.41, 5.74) is 3.63. The van der Waals surface area contributed by atoms with Crippen molar-refractivity contribution in [2.75, 3.05) is 0 Å². The Labute approximate surface area is 78.1 Å². The van der Waals surface area contributed by atoms with Crippen LogP contribution in [0, 0.1) is 0 Å². The molecular weight excluding hydrogens is 158 g/mol. The van der Waals surface area contributed by atoms with Crippen LogP contribution in [-0.4, -0.2) is 4.98 Å². The highest BCUT2D eigenvalue weighted by molar-refractivity contribution is 5.91. The van der Waals surface area contributed by atoms with Gasteiger partial charge in [-0.05, 0) is 18.1 Å². The Morgan fingerprint density at radius 1 is 1.38 bits per heavy atom. The standard InChI is InChI=1S/C12H13N/c1-3-9(2)11-8-13-12-7-5-4-6-10(11)12/h4-8,13H,2-3H2,1H3. The molecule has 0 spiro atoms.